The van der Waals surface area contributed by atoms with Gasteiger partial charge in [-0.3, -0.25) is 0 Å². The Kier molecular flexibility index (Phi) is 4.42. The lowest BCUT2D eigenvalue weighted by atomic mass is 9.91. The zero-order valence-corrected chi connectivity index (χ0v) is 13.3. The fourth-order valence-corrected chi connectivity index (χ4v) is 4.49. The van der Waals surface area contributed by atoms with E-state index in [1.807, 2.05) is 6.92 Å². The van der Waals surface area contributed by atoms with Gasteiger partial charge in [-0.15, -0.1) is 0 Å². The summed E-state index contributed by atoms with van der Waals surface area (Å²) in [5, 5.41) is 0.511. The molecule has 3 rings (SSSR count). The molecule has 0 amide bonds. The fourth-order valence-electron chi connectivity index (χ4n) is 2.95. The molecule has 1 unspecified atom stereocenters. The van der Waals surface area contributed by atoms with Crippen molar-refractivity contribution in [2.45, 2.75) is 37.1 Å². The zero-order valence-electron chi connectivity index (χ0n) is 12.4. The van der Waals surface area contributed by atoms with Crippen LogP contribution in [0.2, 0.25) is 0 Å². The van der Waals surface area contributed by atoms with Gasteiger partial charge in [-0.2, -0.15) is 0 Å². The Morgan fingerprint density at radius 1 is 1.45 bits per heavy atom. The topological polar surface area (TPSA) is 97.0 Å². The highest BCUT2D eigenvalue weighted by molar-refractivity contribution is 7.89. The Balaban J connectivity index is 1.85. The molecule has 1 aliphatic heterocycles. The van der Waals surface area contributed by atoms with Crippen molar-refractivity contribution in [3.8, 4) is 0 Å². The van der Waals surface area contributed by atoms with Crippen molar-refractivity contribution in [1.29, 1.82) is 0 Å². The van der Waals surface area contributed by atoms with Crippen molar-refractivity contribution in [2.75, 3.05) is 13.2 Å². The molecule has 0 aromatic carbocycles. The van der Waals surface area contributed by atoms with Crippen LogP contribution < -0.4 is 4.72 Å². The van der Waals surface area contributed by atoms with Crippen molar-refractivity contribution < 1.29 is 13.2 Å². The predicted octanol–water partition coefficient (Wildman–Crippen LogP) is 1.44. The Hall–Kier alpha value is -1.51. The first-order chi connectivity index (χ1) is 10.6. The highest BCUT2D eigenvalue weighted by Gasteiger charge is 2.28. The van der Waals surface area contributed by atoms with Crippen LogP contribution in [-0.4, -0.2) is 42.6 Å². The maximum Gasteiger partial charge on any atom is 0.243 e. The van der Waals surface area contributed by atoms with Crippen LogP contribution in [0.15, 0.2) is 23.6 Å². The number of nitrogens with one attached hydrogen (secondary N) is 2. The Morgan fingerprint density at radius 3 is 2.95 bits per heavy atom. The first-order valence-corrected chi connectivity index (χ1v) is 8.97. The molecule has 22 heavy (non-hydrogen) atoms. The summed E-state index contributed by atoms with van der Waals surface area (Å²) in [4.78, 5) is 11.0. The number of nitrogens with zero attached hydrogens (tertiary/aromatic N) is 2. The summed E-state index contributed by atoms with van der Waals surface area (Å²) < 4.78 is 33.6. The van der Waals surface area contributed by atoms with E-state index in [-0.39, 0.29) is 10.9 Å². The van der Waals surface area contributed by atoms with Gasteiger partial charge in [0.1, 0.15) is 16.9 Å². The molecule has 1 atom stereocenters. The van der Waals surface area contributed by atoms with Crippen molar-refractivity contribution in [2.24, 2.45) is 5.92 Å². The van der Waals surface area contributed by atoms with Gasteiger partial charge >= 0.3 is 0 Å². The number of aromatic nitrogens is 3. The third-order valence-corrected chi connectivity index (χ3v) is 5.72. The van der Waals surface area contributed by atoms with Gasteiger partial charge in [-0.25, -0.2) is 23.1 Å². The average molecular weight is 324 g/mol. The minimum Gasteiger partial charge on any atom is -0.381 e. The van der Waals surface area contributed by atoms with Crippen LogP contribution in [0.4, 0.5) is 0 Å². The third kappa shape index (κ3) is 2.99. The molecule has 0 saturated carbocycles. The molecule has 8 heteroatoms. The van der Waals surface area contributed by atoms with E-state index < -0.39 is 10.0 Å². The number of aromatic amines is 1. The molecule has 0 bridgehead atoms. The van der Waals surface area contributed by atoms with Crippen LogP contribution in [-0.2, 0) is 14.8 Å². The van der Waals surface area contributed by atoms with E-state index in [0.717, 1.165) is 19.3 Å². The lowest BCUT2D eigenvalue weighted by molar-refractivity contribution is 0.0561. The maximum absolute atomic E-state index is 12.7. The number of fused-ring (bicyclic) bond motifs is 1. The molecule has 2 N–H and O–H groups in total. The molecular weight excluding hydrogens is 304 g/mol. The summed E-state index contributed by atoms with van der Waals surface area (Å²) in [6.07, 6.45) is 6.90. The van der Waals surface area contributed by atoms with Crippen LogP contribution in [0.1, 0.15) is 26.2 Å². The molecule has 0 spiro atoms. The Labute approximate surface area is 129 Å². The minimum absolute atomic E-state index is 0.0801. The lowest BCUT2D eigenvalue weighted by Crippen LogP contribution is -2.41. The number of ether oxygens (including phenoxy) is 1. The van der Waals surface area contributed by atoms with Gasteiger partial charge in [0.25, 0.3) is 0 Å². The number of sulfonamides is 1. The minimum atomic E-state index is -3.61. The van der Waals surface area contributed by atoms with Gasteiger partial charge in [-0.05, 0) is 25.2 Å². The van der Waals surface area contributed by atoms with E-state index >= 15 is 0 Å². The van der Waals surface area contributed by atoms with Gasteiger partial charge in [0, 0.05) is 31.6 Å². The van der Waals surface area contributed by atoms with Crippen molar-refractivity contribution in [3.63, 3.8) is 0 Å². The molecule has 2 aromatic heterocycles. The van der Waals surface area contributed by atoms with Gasteiger partial charge in [0.2, 0.25) is 10.0 Å². The van der Waals surface area contributed by atoms with Gasteiger partial charge < -0.3 is 9.72 Å². The normalized spacial score (nSPS) is 18.6. The smallest absolute Gasteiger partial charge is 0.243 e. The second-order valence-corrected chi connectivity index (χ2v) is 7.21. The second kappa shape index (κ2) is 6.31. The van der Waals surface area contributed by atoms with Gasteiger partial charge in [-0.1, -0.05) is 6.92 Å². The van der Waals surface area contributed by atoms with E-state index in [4.69, 9.17) is 4.74 Å². The first kappa shape index (κ1) is 15.4. The molecule has 0 aliphatic carbocycles. The molecule has 7 nitrogen and oxygen atoms in total. The largest absolute Gasteiger partial charge is 0.381 e. The molecule has 1 fully saturated rings. The third-order valence-electron chi connectivity index (χ3n) is 4.19. The molecule has 1 aliphatic rings. The summed E-state index contributed by atoms with van der Waals surface area (Å²) in [5.74, 6) is 0.315. The quantitative estimate of drug-likeness (QED) is 0.867. The average Bonchev–Trinajstić information content (AvgIpc) is 2.98. The molecule has 1 saturated heterocycles. The monoisotopic (exact) mass is 324 g/mol. The van der Waals surface area contributed by atoms with E-state index in [2.05, 4.69) is 19.7 Å². The van der Waals surface area contributed by atoms with Crippen molar-refractivity contribution >= 4 is 21.1 Å². The zero-order chi connectivity index (χ0) is 15.6. The highest BCUT2D eigenvalue weighted by atomic mass is 32.2. The lowest BCUT2D eigenvalue weighted by Gasteiger charge is -2.30. The second-order valence-electron chi connectivity index (χ2n) is 5.52. The van der Waals surface area contributed by atoms with E-state index in [1.165, 1.54) is 18.7 Å². The van der Waals surface area contributed by atoms with Gasteiger partial charge in [0.15, 0.2) is 0 Å². The SMILES string of the molecule is CCC(NS(=O)(=O)c1c[nH]c2ncncc12)C1CCOCC1. The molecular formula is C14H20N4O3S. The van der Waals surface area contributed by atoms with Crippen LogP contribution >= 0.6 is 0 Å². The molecule has 3 heterocycles. The summed E-state index contributed by atoms with van der Waals surface area (Å²) in [6.45, 7) is 3.40. The van der Waals surface area contributed by atoms with Crippen molar-refractivity contribution in [1.82, 2.24) is 19.7 Å². The molecule has 2 aromatic rings. The van der Waals surface area contributed by atoms with E-state index in [9.17, 15) is 8.42 Å². The predicted molar refractivity (Wildman–Crippen MR) is 81.8 cm³/mol. The first-order valence-electron chi connectivity index (χ1n) is 7.49. The van der Waals surface area contributed by atoms with Crippen LogP contribution in [0.3, 0.4) is 0 Å². The summed E-state index contributed by atoms with van der Waals surface area (Å²) >= 11 is 0. The molecule has 0 radical (unpaired) electrons. The molecule has 120 valence electrons. The maximum atomic E-state index is 12.7. The van der Waals surface area contributed by atoms with E-state index in [1.54, 1.807) is 0 Å². The Morgan fingerprint density at radius 2 is 2.23 bits per heavy atom. The Bertz CT molecular complexity index is 737. The van der Waals surface area contributed by atoms with E-state index in [0.29, 0.717) is 30.2 Å². The van der Waals surface area contributed by atoms with Gasteiger partial charge in [0.05, 0.1) is 5.39 Å². The van der Waals surface area contributed by atoms with Crippen LogP contribution in [0.5, 0.6) is 0 Å². The van der Waals surface area contributed by atoms with Crippen LogP contribution in [0, 0.1) is 5.92 Å². The summed E-state index contributed by atoms with van der Waals surface area (Å²) in [7, 11) is -3.61. The number of rotatable bonds is 5. The summed E-state index contributed by atoms with van der Waals surface area (Å²) in [6, 6.07) is -0.0801. The number of hydrogen-bond acceptors (Lipinski definition) is 5. The van der Waals surface area contributed by atoms with Crippen molar-refractivity contribution in [3.05, 3.63) is 18.7 Å². The standard InChI is InChI=1S/C14H20N4O3S/c1-2-12(10-3-5-21-6-4-10)18-22(19,20)13-8-16-14-11(13)7-15-9-17-14/h7-10,12,18H,2-6H2,1H3,(H,15,16,17). The number of hydrogen-bond donors (Lipinski definition) is 2. The van der Waals surface area contributed by atoms with Crippen LogP contribution in [0.25, 0.3) is 11.0 Å². The number of H-pyrrole nitrogens is 1. The highest BCUT2D eigenvalue weighted by Crippen LogP contribution is 2.25. The fraction of sp³-hybridized carbons (Fsp3) is 0.571. The summed E-state index contributed by atoms with van der Waals surface area (Å²) in [5.41, 5.74) is 0.523.